The van der Waals surface area contributed by atoms with Crippen molar-refractivity contribution in [3.63, 3.8) is 0 Å². The van der Waals surface area contributed by atoms with Gasteiger partial charge in [-0.2, -0.15) is 0 Å². The standard InChI is InChI=1S/C22H18BrN3O5/c1-12-21(28)26-16-11-15(6-7-17(16)30-12)24-20(27)10-13-2-4-14(5-3-13)25-22(29)18-8-9-19(23)31-18/h2-9,11-12H,10H2,1H3,(H,24,27)(H,25,29)(H,26,28). The monoisotopic (exact) mass is 483 g/mol. The zero-order valence-electron chi connectivity index (χ0n) is 16.4. The average molecular weight is 484 g/mol. The van der Waals surface area contributed by atoms with Crippen molar-refractivity contribution in [1.29, 1.82) is 0 Å². The van der Waals surface area contributed by atoms with Gasteiger partial charge in [-0.1, -0.05) is 12.1 Å². The normalized spacial score (nSPS) is 14.8. The van der Waals surface area contributed by atoms with Gasteiger partial charge in [0, 0.05) is 11.4 Å². The van der Waals surface area contributed by atoms with E-state index in [1.807, 2.05) is 0 Å². The summed E-state index contributed by atoms with van der Waals surface area (Å²) in [6.07, 6.45) is -0.405. The van der Waals surface area contributed by atoms with E-state index in [1.165, 1.54) is 0 Å². The summed E-state index contributed by atoms with van der Waals surface area (Å²) in [5.41, 5.74) is 2.43. The predicted molar refractivity (Wildman–Crippen MR) is 118 cm³/mol. The van der Waals surface area contributed by atoms with Gasteiger partial charge in [-0.05, 0) is 70.9 Å². The van der Waals surface area contributed by atoms with E-state index < -0.39 is 6.10 Å². The van der Waals surface area contributed by atoms with E-state index in [2.05, 4.69) is 31.9 Å². The van der Waals surface area contributed by atoms with Gasteiger partial charge in [0.05, 0.1) is 12.1 Å². The smallest absolute Gasteiger partial charge is 0.291 e. The number of carbonyl (C=O) groups is 3. The third-order valence-corrected chi connectivity index (χ3v) is 4.99. The molecule has 0 saturated carbocycles. The van der Waals surface area contributed by atoms with Crippen LogP contribution in [0.2, 0.25) is 0 Å². The molecule has 1 atom stereocenters. The van der Waals surface area contributed by atoms with E-state index in [1.54, 1.807) is 61.5 Å². The van der Waals surface area contributed by atoms with Crippen molar-refractivity contribution in [3.8, 4) is 5.75 Å². The van der Waals surface area contributed by atoms with E-state index in [0.29, 0.717) is 27.5 Å². The molecule has 3 amide bonds. The summed E-state index contributed by atoms with van der Waals surface area (Å²) in [4.78, 5) is 36.3. The van der Waals surface area contributed by atoms with Gasteiger partial charge < -0.3 is 25.1 Å². The zero-order chi connectivity index (χ0) is 22.0. The molecule has 1 aliphatic heterocycles. The van der Waals surface area contributed by atoms with Gasteiger partial charge in [0.1, 0.15) is 5.75 Å². The molecule has 1 unspecified atom stereocenters. The molecule has 0 radical (unpaired) electrons. The first-order chi connectivity index (χ1) is 14.9. The SMILES string of the molecule is CC1Oc2ccc(NC(=O)Cc3ccc(NC(=O)c4ccc(Br)o4)cc3)cc2NC1=O. The Labute approximate surface area is 186 Å². The second-order valence-electron chi connectivity index (χ2n) is 6.94. The molecule has 3 N–H and O–H groups in total. The number of nitrogens with one attached hydrogen (secondary N) is 3. The highest BCUT2D eigenvalue weighted by Gasteiger charge is 2.23. The summed E-state index contributed by atoms with van der Waals surface area (Å²) in [6, 6.07) is 15.2. The highest BCUT2D eigenvalue weighted by Crippen LogP contribution is 2.32. The molecule has 0 aliphatic carbocycles. The molecule has 0 saturated heterocycles. The van der Waals surface area contributed by atoms with Crippen LogP contribution >= 0.6 is 15.9 Å². The van der Waals surface area contributed by atoms with Crippen molar-refractivity contribution in [2.24, 2.45) is 0 Å². The van der Waals surface area contributed by atoms with Gasteiger partial charge in [0.2, 0.25) is 5.91 Å². The van der Waals surface area contributed by atoms with Crippen molar-refractivity contribution in [2.75, 3.05) is 16.0 Å². The minimum absolute atomic E-state index is 0.149. The molecule has 9 heteroatoms. The van der Waals surface area contributed by atoms with Gasteiger partial charge in [-0.25, -0.2) is 0 Å². The fourth-order valence-electron chi connectivity index (χ4n) is 3.01. The number of benzene rings is 2. The second-order valence-corrected chi connectivity index (χ2v) is 7.72. The van der Waals surface area contributed by atoms with Crippen LogP contribution in [0, 0.1) is 0 Å². The summed E-state index contributed by atoms with van der Waals surface area (Å²) in [5.74, 6) is -0.0634. The van der Waals surface area contributed by atoms with Gasteiger partial charge >= 0.3 is 0 Å². The van der Waals surface area contributed by atoms with E-state index in [4.69, 9.17) is 9.15 Å². The lowest BCUT2D eigenvalue weighted by atomic mass is 10.1. The molecule has 1 aromatic heterocycles. The highest BCUT2D eigenvalue weighted by molar-refractivity contribution is 9.10. The molecule has 3 aromatic rings. The third kappa shape index (κ3) is 4.95. The molecule has 4 rings (SSSR count). The first-order valence-corrected chi connectivity index (χ1v) is 10.2. The van der Waals surface area contributed by atoms with Gasteiger partial charge in [-0.15, -0.1) is 0 Å². The molecule has 0 bridgehead atoms. The minimum Gasteiger partial charge on any atom is -0.479 e. The molecule has 158 valence electrons. The Bertz CT molecular complexity index is 1160. The van der Waals surface area contributed by atoms with Crippen LogP contribution in [0.3, 0.4) is 0 Å². The van der Waals surface area contributed by atoms with Crippen LogP contribution in [-0.2, 0) is 16.0 Å². The van der Waals surface area contributed by atoms with Crippen molar-refractivity contribution in [3.05, 3.63) is 70.6 Å². The Hall–Kier alpha value is -3.59. The summed E-state index contributed by atoms with van der Waals surface area (Å²) in [5, 5.41) is 8.28. The molecule has 1 aliphatic rings. The number of ether oxygens (including phenoxy) is 1. The number of amides is 3. The summed E-state index contributed by atoms with van der Waals surface area (Å²) in [6.45, 7) is 1.67. The lowest BCUT2D eigenvalue weighted by molar-refractivity contribution is -0.122. The third-order valence-electron chi connectivity index (χ3n) is 4.57. The maximum absolute atomic E-state index is 12.4. The topological polar surface area (TPSA) is 110 Å². The van der Waals surface area contributed by atoms with Crippen molar-refractivity contribution in [1.82, 2.24) is 0 Å². The quantitative estimate of drug-likeness (QED) is 0.503. The Morgan fingerprint density at radius 2 is 1.77 bits per heavy atom. The van der Waals surface area contributed by atoms with Gasteiger partial charge in [0.15, 0.2) is 16.5 Å². The highest BCUT2D eigenvalue weighted by atomic mass is 79.9. The Kier molecular flexibility index (Phi) is 5.77. The molecule has 0 fully saturated rings. The lowest BCUT2D eigenvalue weighted by Crippen LogP contribution is -2.34. The second kappa shape index (κ2) is 8.65. The van der Waals surface area contributed by atoms with Crippen LogP contribution in [0.15, 0.2) is 63.7 Å². The van der Waals surface area contributed by atoms with Gasteiger partial charge in [0.25, 0.3) is 11.8 Å². The molecule has 2 heterocycles. The van der Waals surface area contributed by atoms with Crippen molar-refractivity contribution in [2.45, 2.75) is 19.4 Å². The largest absolute Gasteiger partial charge is 0.479 e. The fraction of sp³-hybridized carbons (Fsp3) is 0.136. The van der Waals surface area contributed by atoms with E-state index in [9.17, 15) is 14.4 Å². The van der Waals surface area contributed by atoms with Gasteiger partial charge in [-0.3, -0.25) is 14.4 Å². The number of anilines is 3. The zero-order valence-corrected chi connectivity index (χ0v) is 18.0. The van der Waals surface area contributed by atoms with Crippen molar-refractivity contribution < 1.29 is 23.5 Å². The number of carbonyl (C=O) groups excluding carboxylic acids is 3. The number of rotatable bonds is 5. The summed E-state index contributed by atoms with van der Waals surface area (Å²) in [7, 11) is 0. The number of fused-ring (bicyclic) bond motifs is 1. The summed E-state index contributed by atoms with van der Waals surface area (Å²) < 4.78 is 11.2. The molecule has 8 nitrogen and oxygen atoms in total. The first-order valence-electron chi connectivity index (χ1n) is 9.44. The van der Waals surface area contributed by atoms with Crippen LogP contribution in [0.1, 0.15) is 23.0 Å². The molecule has 2 aromatic carbocycles. The van der Waals surface area contributed by atoms with E-state index in [-0.39, 0.29) is 29.9 Å². The Morgan fingerprint density at radius 1 is 1.03 bits per heavy atom. The summed E-state index contributed by atoms with van der Waals surface area (Å²) >= 11 is 3.16. The van der Waals surface area contributed by atoms with Crippen LogP contribution in [-0.4, -0.2) is 23.8 Å². The number of halogens is 1. The number of hydrogen-bond donors (Lipinski definition) is 3. The average Bonchev–Trinajstić information content (AvgIpc) is 3.17. The number of hydrogen-bond acceptors (Lipinski definition) is 5. The Morgan fingerprint density at radius 3 is 2.48 bits per heavy atom. The number of furan rings is 1. The van der Waals surface area contributed by atoms with Crippen LogP contribution < -0.4 is 20.7 Å². The van der Waals surface area contributed by atoms with E-state index in [0.717, 1.165) is 5.56 Å². The maximum atomic E-state index is 12.4. The predicted octanol–water partition coefficient (Wildman–Crippen LogP) is 4.20. The van der Waals surface area contributed by atoms with Crippen LogP contribution in [0.5, 0.6) is 5.75 Å². The molecule has 0 spiro atoms. The molecular weight excluding hydrogens is 466 g/mol. The Balaban J connectivity index is 1.34. The maximum Gasteiger partial charge on any atom is 0.291 e. The molecular formula is C22H18BrN3O5. The lowest BCUT2D eigenvalue weighted by Gasteiger charge is -2.23. The van der Waals surface area contributed by atoms with Crippen LogP contribution in [0.4, 0.5) is 17.1 Å². The molecule has 31 heavy (non-hydrogen) atoms. The fourth-order valence-corrected chi connectivity index (χ4v) is 3.32. The van der Waals surface area contributed by atoms with E-state index >= 15 is 0 Å². The van der Waals surface area contributed by atoms with Crippen molar-refractivity contribution >= 4 is 50.7 Å². The first kappa shape index (κ1) is 20.7. The minimum atomic E-state index is -0.554. The van der Waals surface area contributed by atoms with Crippen LogP contribution in [0.25, 0.3) is 0 Å².